The van der Waals surface area contributed by atoms with Crippen LogP contribution in [0.5, 0.6) is 5.75 Å². The van der Waals surface area contributed by atoms with Crippen molar-refractivity contribution in [2.45, 2.75) is 32.1 Å². The first-order valence-corrected chi connectivity index (χ1v) is 10.6. The zero-order valence-electron chi connectivity index (χ0n) is 16.6. The molecule has 2 aliphatic heterocycles. The molecule has 0 aromatic heterocycles. The molecule has 2 saturated heterocycles. The zero-order valence-corrected chi connectivity index (χ0v) is 16.6. The van der Waals surface area contributed by atoms with Crippen LogP contribution in [0.15, 0.2) is 24.3 Å². The molecule has 1 aromatic carbocycles. The van der Waals surface area contributed by atoms with Crippen molar-refractivity contribution in [3.8, 4) is 5.75 Å². The van der Waals surface area contributed by atoms with E-state index >= 15 is 0 Å². The minimum absolute atomic E-state index is 0.338. The molecule has 3 fully saturated rings. The van der Waals surface area contributed by atoms with Gasteiger partial charge in [0.25, 0.3) is 0 Å². The smallest absolute Gasteiger partial charge is 0.236 e. The summed E-state index contributed by atoms with van der Waals surface area (Å²) in [7, 11) is 1.73. The van der Waals surface area contributed by atoms with E-state index in [-0.39, 0.29) is 0 Å². The molecule has 2 heterocycles. The highest BCUT2D eigenvalue weighted by Gasteiger charge is 2.33. The van der Waals surface area contributed by atoms with Gasteiger partial charge in [-0.2, -0.15) is 0 Å². The Kier molecular flexibility index (Phi) is 5.86. The van der Waals surface area contributed by atoms with Gasteiger partial charge < -0.3 is 14.5 Å². The molecule has 148 valence electrons. The van der Waals surface area contributed by atoms with Gasteiger partial charge in [-0.1, -0.05) is 31.4 Å². The largest absolute Gasteiger partial charge is 0.495 e. The Morgan fingerprint density at radius 2 is 1.74 bits per heavy atom. The van der Waals surface area contributed by atoms with E-state index in [2.05, 4.69) is 26.8 Å². The molecule has 27 heavy (non-hydrogen) atoms. The van der Waals surface area contributed by atoms with E-state index in [9.17, 15) is 4.79 Å². The van der Waals surface area contributed by atoms with Crippen LogP contribution < -0.4 is 9.64 Å². The highest BCUT2D eigenvalue weighted by atomic mass is 16.5. The van der Waals surface area contributed by atoms with Gasteiger partial charge in [0.2, 0.25) is 5.91 Å². The predicted octanol–water partition coefficient (Wildman–Crippen LogP) is 2.86. The van der Waals surface area contributed by atoms with Crippen LogP contribution in [0.1, 0.15) is 32.1 Å². The molecule has 0 spiro atoms. The van der Waals surface area contributed by atoms with Crippen molar-refractivity contribution < 1.29 is 9.53 Å². The number of rotatable bonds is 4. The number of piperazine rings is 1. The van der Waals surface area contributed by atoms with Gasteiger partial charge in [0.1, 0.15) is 5.75 Å². The van der Waals surface area contributed by atoms with E-state index in [4.69, 9.17) is 4.74 Å². The van der Waals surface area contributed by atoms with Crippen molar-refractivity contribution in [1.82, 2.24) is 9.80 Å². The highest BCUT2D eigenvalue weighted by molar-refractivity contribution is 5.78. The van der Waals surface area contributed by atoms with E-state index in [1.54, 1.807) is 7.11 Å². The lowest BCUT2D eigenvalue weighted by molar-refractivity contribution is -0.135. The fraction of sp³-hybridized carbons (Fsp3) is 0.682. The van der Waals surface area contributed by atoms with Crippen molar-refractivity contribution in [3.05, 3.63) is 24.3 Å². The lowest BCUT2D eigenvalue weighted by Crippen LogP contribution is -2.52. The van der Waals surface area contributed by atoms with E-state index in [0.29, 0.717) is 12.5 Å². The summed E-state index contributed by atoms with van der Waals surface area (Å²) in [5.41, 5.74) is 1.16. The van der Waals surface area contributed by atoms with Crippen LogP contribution in [-0.4, -0.2) is 68.6 Å². The second kappa shape index (κ2) is 8.51. The van der Waals surface area contributed by atoms with Crippen LogP contribution in [0.3, 0.4) is 0 Å². The van der Waals surface area contributed by atoms with Crippen molar-refractivity contribution in [1.29, 1.82) is 0 Å². The summed E-state index contributed by atoms with van der Waals surface area (Å²) in [6.07, 6.45) is 6.68. The lowest BCUT2D eigenvalue weighted by Gasteiger charge is -2.42. The minimum atomic E-state index is 0.338. The third-order valence-electron chi connectivity index (χ3n) is 6.80. The number of carbonyl (C=O) groups excluding carboxylic acids is 1. The van der Waals surface area contributed by atoms with Crippen LogP contribution in [0.4, 0.5) is 5.69 Å². The van der Waals surface area contributed by atoms with Crippen LogP contribution in [0.2, 0.25) is 0 Å². The van der Waals surface area contributed by atoms with Crippen LogP contribution in [-0.2, 0) is 4.79 Å². The predicted molar refractivity (Wildman–Crippen MR) is 108 cm³/mol. The second-order valence-electron chi connectivity index (χ2n) is 8.37. The number of piperidine rings is 1. The number of hydrogen-bond acceptors (Lipinski definition) is 4. The molecule has 1 amide bonds. The fourth-order valence-electron chi connectivity index (χ4n) is 5.16. The molecular weight excluding hydrogens is 338 g/mol. The van der Waals surface area contributed by atoms with Gasteiger partial charge in [0.15, 0.2) is 0 Å². The molecule has 1 aliphatic carbocycles. The lowest BCUT2D eigenvalue weighted by atomic mass is 9.75. The molecule has 0 bridgehead atoms. The maximum Gasteiger partial charge on any atom is 0.236 e. The molecule has 5 heteroatoms. The number of anilines is 1. The van der Waals surface area contributed by atoms with E-state index in [1.165, 1.54) is 32.1 Å². The summed E-state index contributed by atoms with van der Waals surface area (Å²) in [5, 5.41) is 0. The fourth-order valence-corrected chi connectivity index (χ4v) is 5.16. The molecule has 3 aliphatic rings. The number of amides is 1. The Bertz CT molecular complexity index is 642. The molecule has 2 unspecified atom stereocenters. The molecule has 4 rings (SSSR count). The van der Waals surface area contributed by atoms with Crippen molar-refractivity contribution in [3.63, 3.8) is 0 Å². The van der Waals surface area contributed by atoms with E-state index in [1.807, 2.05) is 12.1 Å². The standard InChI is InChI=1S/C22H33N3O2/c1-27-21-9-5-4-8-20(21)24-14-12-23(13-15-24)17-22(26)25-11-10-18-6-2-3-7-19(18)16-25/h4-5,8-9,18-19H,2-3,6-7,10-17H2,1H3. The third-order valence-corrected chi connectivity index (χ3v) is 6.80. The maximum absolute atomic E-state index is 12.8. The van der Waals surface area contributed by atoms with Gasteiger partial charge in [-0.25, -0.2) is 0 Å². The number of ether oxygens (including phenoxy) is 1. The topological polar surface area (TPSA) is 36.0 Å². The molecule has 0 N–H and O–H groups in total. The summed E-state index contributed by atoms with van der Waals surface area (Å²) < 4.78 is 5.50. The van der Waals surface area contributed by atoms with E-state index in [0.717, 1.165) is 62.5 Å². The maximum atomic E-state index is 12.8. The van der Waals surface area contributed by atoms with Gasteiger partial charge in [0, 0.05) is 39.3 Å². The molecule has 0 radical (unpaired) electrons. The molecule has 1 aromatic rings. The van der Waals surface area contributed by atoms with Crippen LogP contribution >= 0.6 is 0 Å². The zero-order chi connectivity index (χ0) is 18.6. The monoisotopic (exact) mass is 371 g/mol. The summed E-state index contributed by atoms with van der Waals surface area (Å²) in [6, 6.07) is 8.20. The van der Waals surface area contributed by atoms with Gasteiger partial charge in [0.05, 0.1) is 19.3 Å². The van der Waals surface area contributed by atoms with Gasteiger partial charge >= 0.3 is 0 Å². The quantitative estimate of drug-likeness (QED) is 0.815. The Morgan fingerprint density at radius 3 is 2.52 bits per heavy atom. The average Bonchev–Trinajstić information content (AvgIpc) is 2.74. The Balaban J connectivity index is 1.27. The Labute approximate surface area is 163 Å². The van der Waals surface area contributed by atoms with Gasteiger partial charge in [-0.05, 0) is 36.8 Å². The minimum Gasteiger partial charge on any atom is -0.495 e. The number of para-hydroxylation sites is 2. The number of fused-ring (bicyclic) bond motifs is 1. The number of likely N-dealkylation sites (tertiary alicyclic amines) is 1. The third kappa shape index (κ3) is 4.23. The number of hydrogen-bond donors (Lipinski definition) is 0. The molecule has 2 atom stereocenters. The molecule has 5 nitrogen and oxygen atoms in total. The summed E-state index contributed by atoms with van der Waals surface area (Å²) in [4.78, 5) is 19.7. The number of carbonyl (C=O) groups is 1. The molecule has 1 saturated carbocycles. The average molecular weight is 372 g/mol. The highest BCUT2D eigenvalue weighted by Crippen LogP contribution is 2.36. The SMILES string of the molecule is COc1ccccc1N1CCN(CC(=O)N2CCC3CCCCC3C2)CC1. The number of benzene rings is 1. The Morgan fingerprint density at radius 1 is 1.00 bits per heavy atom. The first kappa shape index (κ1) is 18.6. The van der Waals surface area contributed by atoms with E-state index < -0.39 is 0 Å². The summed E-state index contributed by atoms with van der Waals surface area (Å²) in [5.74, 6) is 2.91. The van der Waals surface area contributed by atoms with Crippen LogP contribution in [0, 0.1) is 11.8 Å². The summed E-state index contributed by atoms with van der Waals surface area (Å²) >= 11 is 0. The first-order chi connectivity index (χ1) is 13.2. The number of nitrogens with zero attached hydrogens (tertiary/aromatic N) is 3. The second-order valence-corrected chi connectivity index (χ2v) is 8.37. The molecular formula is C22H33N3O2. The number of methoxy groups -OCH3 is 1. The Hall–Kier alpha value is -1.75. The van der Waals surface area contributed by atoms with Crippen molar-refractivity contribution in [2.24, 2.45) is 11.8 Å². The van der Waals surface area contributed by atoms with Crippen molar-refractivity contribution in [2.75, 3.05) is 57.8 Å². The first-order valence-electron chi connectivity index (χ1n) is 10.6. The summed E-state index contributed by atoms with van der Waals surface area (Å²) in [6.45, 7) is 6.31. The van der Waals surface area contributed by atoms with Gasteiger partial charge in [-0.3, -0.25) is 9.69 Å². The van der Waals surface area contributed by atoms with Crippen LogP contribution in [0.25, 0.3) is 0 Å². The van der Waals surface area contributed by atoms with Gasteiger partial charge in [-0.15, -0.1) is 0 Å². The van der Waals surface area contributed by atoms with Crippen molar-refractivity contribution >= 4 is 11.6 Å². The normalized spacial score (nSPS) is 26.6.